The number of hydrogen-bond acceptors (Lipinski definition) is 3. The van der Waals surface area contributed by atoms with Gasteiger partial charge in [-0.15, -0.1) is 0 Å². The van der Waals surface area contributed by atoms with Crippen LogP contribution in [0.4, 0.5) is 0 Å². The van der Waals surface area contributed by atoms with Gasteiger partial charge in [0.25, 0.3) is 0 Å². The van der Waals surface area contributed by atoms with E-state index >= 15 is 0 Å². The Bertz CT molecular complexity index is 356. The molecule has 0 aliphatic heterocycles. The van der Waals surface area contributed by atoms with Crippen molar-refractivity contribution in [2.24, 2.45) is 0 Å². The van der Waals surface area contributed by atoms with Crippen molar-refractivity contribution in [3.8, 4) is 5.75 Å². The van der Waals surface area contributed by atoms with Crippen molar-refractivity contribution in [3.05, 3.63) is 29.8 Å². The average Bonchev–Trinajstić information content (AvgIpc) is 2.32. The van der Waals surface area contributed by atoms with Crippen LogP contribution in [-0.2, 0) is 6.42 Å². The average molecular weight is 236 g/mol. The Morgan fingerprint density at radius 3 is 2.53 bits per heavy atom. The van der Waals surface area contributed by atoms with Crippen LogP contribution in [0.1, 0.15) is 37.7 Å². The summed E-state index contributed by atoms with van der Waals surface area (Å²) in [7, 11) is 0. The lowest BCUT2D eigenvalue weighted by molar-refractivity contribution is -0.159. The van der Waals surface area contributed by atoms with Crippen LogP contribution in [0.5, 0.6) is 5.75 Å². The van der Waals surface area contributed by atoms with E-state index in [1.807, 2.05) is 24.3 Å². The van der Waals surface area contributed by atoms with Gasteiger partial charge in [-0.05, 0) is 30.9 Å². The highest BCUT2D eigenvalue weighted by atomic mass is 16.6. The zero-order valence-corrected chi connectivity index (χ0v) is 10.1. The SMILES string of the molecule is OCCc1ccccc1OC1(O)CCCCC1. The van der Waals surface area contributed by atoms with Crippen molar-refractivity contribution in [3.63, 3.8) is 0 Å². The molecule has 1 aromatic carbocycles. The molecule has 0 unspecified atom stereocenters. The second kappa shape index (κ2) is 5.52. The monoisotopic (exact) mass is 236 g/mol. The lowest BCUT2D eigenvalue weighted by atomic mass is 9.94. The Labute approximate surface area is 102 Å². The number of hydrogen-bond donors (Lipinski definition) is 2. The van der Waals surface area contributed by atoms with Gasteiger partial charge in [-0.1, -0.05) is 24.6 Å². The molecule has 1 aliphatic carbocycles. The van der Waals surface area contributed by atoms with Gasteiger partial charge in [0.2, 0.25) is 5.79 Å². The van der Waals surface area contributed by atoms with Crippen LogP contribution in [0.25, 0.3) is 0 Å². The second-order valence-electron chi connectivity index (χ2n) is 4.69. The van der Waals surface area contributed by atoms with Crippen LogP contribution in [0.15, 0.2) is 24.3 Å². The Balaban J connectivity index is 2.11. The van der Waals surface area contributed by atoms with Gasteiger partial charge in [-0.3, -0.25) is 0 Å². The molecule has 94 valence electrons. The first-order valence-corrected chi connectivity index (χ1v) is 6.34. The zero-order valence-electron chi connectivity index (χ0n) is 10.1. The highest BCUT2D eigenvalue weighted by Crippen LogP contribution is 2.32. The lowest BCUT2D eigenvalue weighted by Gasteiger charge is -2.33. The first-order valence-electron chi connectivity index (χ1n) is 6.34. The lowest BCUT2D eigenvalue weighted by Crippen LogP contribution is -2.38. The summed E-state index contributed by atoms with van der Waals surface area (Å²) in [6, 6.07) is 7.60. The molecule has 0 heterocycles. The van der Waals surface area contributed by atoms with E-state index in [2.05, 4.69) is 0 Å². The fourth-order valence-corrected chi connectivity index (χ4v) is 2.34. The quantitative estimate of drug-likeness (QED) is 0.788. The number of aliphatic hydroxyl groups is 2. The fourth-order valence-electron chi connectivity index (χ4n) is 2.34. The molecule has 0 bridgehead atoms. The Hall–Kier alpha value is -1.06. The Morgan fingerprint density at radius 2 is 1.82 bits per heavy atom. The van der Waals surface area contributed by atoms with Gasteiger partial charge in [0.05, 0.1) is 0 Å². The first-order chi connectivity index (χ1) is 8.23. The summed E-state index contributed by atoms with van der Waals surface area (Å²) < 4.78 is 5.77. The summed E-state index contributed by atoms with van der Waals surface area (Å²) in [5, 5.41) is 19.3. The Morgan fingerprint density at radius 1 is 1.12 bits per heavy atom. The minimum Gasteiger partial charge on any atom is -0.462 e. The van der Waals surface area contributed by atoms with Gasteiger partial charge < -0.3 is 14.9 Å². The summed E-state index contributed by atoms with van der Waals surface area (Å²) in [6.45, 7) is 0.0960. The van der Waals surface area contributed by atoms with Crippen molar-refractivity contribution in [2.75, 3.05) is 6.61 Å². The standard InChI is InChI=1S/C14H20O3/c15-11-8-12-6-2-3-7-13(12)17-14(16)9-4-1-5-10-14/h2-3,6-7,15-16H,1,4-5,8-11H2. The largest absolute Gasteiger partial charge is 0.462 e. The molecule has 1 saturated carbocycles. The number of aliphatic hydroxyl groups excluding tert-OH is 1. The Kier molecular flexibility index (Phi) is 4.02. The van der Waals surface area contributed by atoms with Gasteiger partial charge >= 0.3 is 0 Å². The van der Waals surface area contributed by atoms with E-state index in [1.165, 1.54) is 6.42 Å². The van der Waals surface area contributed by atoms with Crippen molar-refractivity contribution >= 4 is 0 Å². The zero-order chi connectivity index (χ0) is 12.1. The van der Waals surface area contributed by atoms with Crippen LogP contribution in [-0.4, -0.2) is 22.6 Å². The summed E-state index contributed by atoms with van der Waals surface area (Å²) >= 11 is 0. The van der Waals surface area contributed by atoms with E-state index in [0.717, 1.165) is 18.4 Å². The molecule has 3 heteroatoms. The fraction of sp³-hybridized carbons (Fsp3) is 0.571. The molecule has 3 nitrogen and oxygen atoms in total. The van der Waals surface area contributed by atoms with Gasteiger partial charge in [0.1, 0.15) is 5.75 Å². The smallest absolute Gasteiger partial charge is 0.208 e. The second-order valence-corrected chi connectivity index (χ2v) is 4.69. The van der Waals surface area contributed by atoms with E-state index < -0.39 is 5.79 Å². The third kappa shape index (κ3) is 3.20. The van der Waals surface area contributed by atoms with Gasteiger partial charge in [-0.2, -0.15) is 0 Å². The molecule has 0 aromatic heterocycles. The topological polar surface area (TPSA) is 49.7 Å². The number of rotatable bonds is 4. The maximum absolute atomic E-state index is 10.3. The molecule has 0 saturated heterocycles. The van der Waals surface area contributed by atoms with Crippen LogP contribution in [0.3, 0.4) is 0 Å². The van der Waals surface area contributed by atoms with E-state index in [1.54, 1.807) is 0 Å². The highest BCUT2D eigenvalue weighted by Gasteiger charge is 2.31. The van der Waals surface area contributed by atoms with Crippen molar-refractivity contribution in [2.45, 2.75) is 44.3 Å². The predicted octanol–water partition coefficient (Wildman–Crippen LogP) is 2.25. The van der Waals surface area contributed by atoms with Crippen LogP contribution in [0, 0.1) is 0 Å². The number of para-hydroxylation sites is 1. The molecule has 0 amide bonds. The molecule has 2 N–H and O–H groups in total. The third-order valence-corrected chi connectivity index (χ3v) is 3.29. The highest BCUT2D eigenvalue weighted by molar-refractivity contribution is 5.33. The maximum atomic E-state index is 10.3. The van der Waals surface area contributed by atoms with Crippen LogP contribution in [0.2, 0.25) is 0 Å². The number of ether oxygens (including phenoxy) is 1. The minimum atomic E-state index is -1.01. The summed E-state index contributed by atoms with van der Waals surface area (Å²) in [6.07, 6.45) is 5.15. The molecule has 1 aromatic rings. The summed E-state index contributed by atoms with van der Waals surface area (Å²) in [4.78, 5) is 0. The summed E-state index contributed by atoms with van der Waals surface area (Å²) in [5.41, 5.74) is 0.953. The molecular weight excluding hydrogens is 216 g/mol. The predicted molar refractivity (Wildman–Crippen MR) is 65.9 cm³/mol. The summed E-state index contributed by atoms with van der Waals surface area (Å²) in [5.74, 6) is -0.310. The molecule has 1 fully saturated rings. The molecule has 1 aliphatic rings. The van der Waals surface area contributed by atoms with Crippen molar-refractivity contribution < 1.29 is 14.9 Å². The molecular formula is C14H20O3. The van der Waals surface area contributed by atoms with Crippen LogP contribution >= 0.6 is 0 Å². The van der Waals surface area contributed by atoms with E-state index in [0.29, 0.717) is 25.0 Å². The third-order valence-electron chi connectivity index (χ3n) is 3.29. The molecule has 2 rings (SSSR count). The molecule has 17 heavy (non-hydrogen) atoms. The molecule has 0 atom stereocenters. The maximum Gasteiger partial charge on any atom is 0.208 e. The van der Waals surface area contributed by atoms with Crippen molar-refractivity contribution in [1.29, 1.82) is 0 Å². The minimum absolute atomic E-state index is 0.0960. The van der Waals surface area contributed by atoms with E-state index in [4.69, 9.17) is 9.84 Å². The number of benzene rings is 1. The molecule has 0 spiro atoms. The van der Waals surface area contributed by atoms with E-state index in [-0.39, 0.29) is 6.61 Å². The first kappa shape index (κ1) is 12.4. The normalized spacial score (nSPS) is 18.9. The van der Waals surface area contributed by atoms with Gasteiger partial charge in [0, 0.05) is 19.4 Å². The van der Waals surface area contributed by atoms with Crippen LogP contribution < -0.4 is 4.74 Å². The van der Waals surface area contributed by atoms with E-state index in [9.17, 15) is 5.11 Å². The molecule has 0 radical (unpaired) electrons. The van der Waals surface area contributed by atoms with Gasteiger partial charge in [0.15, 0.2) is 0 Å². The van der Waals surface area contributed by atoms with Gasteiger partial charge in [-0.25, -0.2) is 0 Å². The van der Waals surface area contributed by atoms with Crippen molar-refractivity contribution in [1.82, 2.24) is 0 Å².